The number of hydrogen-bond acceptors (Lipinski definition) is 2. The minimum atomic E-state index is -0.125. The summed E-state index contributed by atoms with van der Waals surface area (Å²) in [7, 11) is 0. The highest BCUT2D eigenvalue weighted by Gasteiger charge is 2.13. The van der Waals surface area contributed by atoms with Crippen LogP contribution in [0.4, 0.5) is 0 Å². The second-order valence-electron chi connectivity index (χ2n) is 4.85. The van der Waals surface area contributed by atoms with Gasteiger partial charge in [0.15, 0.2) is 5.69 Å². The number of aromatic nitrogens is 2. The van der Waals surface area contributed by atoms with Gasteiger partial charge in [0.25, 0.3) is 5.91 Å². The largest absolute Gasteiger partial charge is 0.350 e. The third-order valence-corrected chi connectivity index (χ3v) is 4.39. The topological polar surface area (TPSA) is 57.8 Å². The van der Waals surface area contributed by atoms with Crippen LogP contribution >= 0.6 is 15.9 Å². The molecule has 0 atom stereocenters. The van der Waals surface area contributed by atoms with E-state index in [4.69, 9.17) is 0 Å². The maximum Gasteiger partial charge on any atom is 0.272 e. The third kappa shape index (κ3) is 3.10. The minimum absolute atomic E-state index is 0.125. The maximum absolute atomic E-state index is 12.0. The predicted octanol–water partition coefficient (Wildman–Crippen LogP) is 3.07. The summed E-state index contributed by atoms with van der Waals surface area (Å²) in [6.07, 6.45) is 0.805. The van der Waals surface area contributed by atoms with E-state index in [-0.39, 0.29) is 5.91 Å². The van der Waals surface area contributed by atoms with Crippen LogP contribution < -0.4 is 5.32 Å². The van der Waals surface area contributed by atoms with E-state index in [0.717, 1.165) is 22.2 Å². The van der Waals surface area contributed by atoms with Crippen LogP contribution in [0.25, 0.3) is 0 Å². The quantitative estimate of drug-likeness (QED) is 0.902. The van der Waals surface area contributed by atoms with E-state index in [1.54, 1.807) is 0 Å². The van der Waals surface area contributed by atoms with Gasteiger partial charge in [0.2, 0.25) is 0 Å². The van der Waals surface area contributed by atoms with Crippen molar-refractivity contribution in [1.29, 1.82) is 0 Å². The molecule has 0 aliphatic heterocycles. The van der Waals surface area contributed by atoms with E-state index in [9.17, 15) is 4.79 Å². The van der Waals surface area contributed by atoms with Gasteiger partial charge in [-0.2, -0.15) is 5.10 Å². The summed E-state index contributed by atoms with van der Waals surface area (Å²) in [4.78, 5) is 12.0. The lowest BCUT2D eigenvalue weighted by molar-refractivity contribution is 0.0948. The number of carbonyl (C=O) groups excluding carboxylic acids is 1. The number of rotatable bonds is 4. The lowest BCUT2D eigenvalue weighted by Crippen LogP contribution is -2.26. The first kappa shape index (κ1) is 14.8. The molecule has 20 heavy (non-hydrogen) atoms. The molecule has 0 radical (unpaired) electrons. The first-order valence-electron chi connectivity index (χ1n) is 6.54. The molecule has 2 N–H and O–H groups in total. The van der Waals surface area contributed by atoms with Gasteiger partial charge in [-0.1, -0.05) is 28.1 Å². The summed E-state index contributed by atoms with van der Waals surface area (Å²) in [5.74, 6) is -0.125. The van der Waals surface area contributed by atoms with Crippen LogP contribution in [-0.2, 0) is 6.42 Å². The number of halogens is 1. The zero-order chi connectivity index (χ0) is 14.7. The van der Waals surface area contributed by atoms with E-state index >= 15 is 0 Å². The SMILES string of the molecule is Cc1[nH]nc(C(=O)NCCc2cccc(Br)c2C)c1C. The van der Waals surface area contributed by atoms with Gasteiger partial charge >= 0.3 is 0 Å². The summed E-state index contributed by atoms with van der Waals surface area (Å²) in [5, 5.41) is 9.77. The Kier molecular flexibility index (Phi) is 4.60. The number of carbonyl (C=O) groups is 1. The molecule has 4 nitrogen and oxygen atoms in total. The van der Waals surface area contributed by atoms with Gasteiger partial charge in [0, 0.05) is 22.3 Å². The molecule has 1 heterocycles. The van der Waals surface area contributed by atoms with Crippen molar-refractivity contribution in [3.63, 3.8) is 0 Å². The van der Waals surface area contributed by atoms with Crippen LogP contribution in [0.2, 0.25) is 0 Å². The van der Waals surface area contributed by atoms with Crippen LogP contribution in [0.5, 0.6) is 0 Å². The van der Waals surface area contributed by atoms with Crippen molar-refractivity contribution in [3.8, 4) is 0 Å². The van der Waals surface area contributed by atoms with Crippen LogP contribution in [0.3, 0.4) is 0 Å². The van der Waals surface area contributed by atoms with Crippen LogP contribution in [0.15, 0.2) is 22.7 Å². The lowest BCUT2D eigenvalue weighted by atomic mass is 10.1. The molecule has 2 rings (SSSR count). The molecule has 106 valence electrons. The van der Waals surface area contributed by atoms with Gasteiger partial charge in [0.1, 0.15) is 0 Å². The summed E-state index contributed by atoms with van der Waals surface area (Å²) in [6, 6.07) is 6.11. The molecule has 0 aliphatic carbocycles. The van der Waals surface area contributed by atoms with Crippen molar-refractivity contribution in [2.45, 2.75) is 27.2 Å². The van der Waals surface area contributed by atoms with Crippen molar-refractivity contribution in [2.24, 2.45) is 0 Å². The number of nitrogens with one attached hydrogen (secondary N) is 2. The normalized spacial score (nSPS) is 10.6. The Labute approximate surface area is 127 Å². The van der Waals surface area contributed by atoms with Crippen LogP contribution in [0.1, 0.15) is 32.9 Å². The first-order valence-corrected chi connectivity index (χ1v) is 7.33. The molecule has 0 fully saturated rings. The Morgan fingerprint density at radius 3 is 2.70 bits per heavy atom. The van der Waals surface area contributed by atoms with E-state index in [0.29, 0.717) is 12.2 Å². The number of amides is 1. The van der Waals surface area contributed by atoms with Crippen LogP contribution in [-0.4, -0.2) is 22.6 Å². The molecule has 0 aliphatic rings. The standard InChI is InChI=1S/C15H18BrN3O/c1-9-11(3)18-19-14(9)15(20)17-8-7-12-5-4-6-13(16)10(12)2/h4-6H,7-8H2,1-3H3,(H,17,20)(H,18,19). The number of H-pyrrole nitrogens is 1. The Bertz CT molecular complexity index is 634. The zero-order valence-corrected chi connectivity index (χ0v) is 13.5. The number of benzene rings is 1. The second kappa shape index (κ2) is 6.22. The summed E-state index contributed by atoms with van der Waals surface area (Å²) >= 11 is 3.51. The predicted molar refractivity (Wildman–Crippen MR) is 83.0 cm³/mol. The molecule has 0 saturated heterocycles. The van der Waals surface area contributed by atoms with Gasteiger partial charge in [0.05, 0.1) is 0 Å². The van der Waals surface area contributed by atoms with Crippen molar-refractivity contribution in [2.75, 3.05) is 6.54 Å². The van der Waals surface area contributed by atoms with Crippen LogP contribution in [0, 0.1) is 20.8 Å². The van der Waals surface area contributed by atoms with Crippen molar-refractivity contribution < 1.29 is 4.79 Å². The molecule has 2 aromatic rings. The summed E-state index contributed by atoms with van der Waals surface area (Å²) in [6.45, 7) is 6.47. The smallest absolute Gasteiger partial charge is 0.272 e. The zero-order valence-electron chi connectivity index (χ0n) is 11.9. The molecule has 0 saturated carbocycles. The number of nitrogens with zero attached hydrogens (tertiary/aromatic N) is 1. The molecule has 0 bridgehead atoms. The highest BCUT2D eigenvalue weighted by Crippen LogP contribution is 2.19. The highest BCUT2D eigenvalue weighted by molar-refractivity contribution is 9.10. The van der Waals surface area contributed by atoms with Gasteiger partial charge in [-0.15, -0.1) is 0 Å². The average Bonchev–Trinajstić information content (AvgIpc) is 2.75. The molecule has 0 spiro atoms. The van der Waals surface area contributed by atoms with Crippen molar-refractivity contribution in [3.05, 3.63) is 50.8 Å². The summed E-state index contributed by atoms with van der Waals surface area (Å²) < 4.78 is 1.10. The molecule has 1 aromatic carbocycles. The van der Waals surface area contributed by atoms with E-state index < -0.39 is 0 Å². The van der Waals surface area contributed by atoms with Gasteiger partial charge < -0.3 is 5.32 Å². The Morgan fingerprint density at radius 2 is 2.05 bits per heavy atom. The number of hydrogen-bond donors (Lipinski definition) is 2. The molecule has 1 amide bonds. The fraction of sp³-hybridized carbons (Fsp3) is 0.333. The molecule has 5 heteroatoms. The van der Waals surface area contributed by atoms with Crippen molar-refractivity contribution >= 4 is 21.8 Å². The number of aryl methyl sites for hydroxylation is 1. The van der Waals surface area contributed by atoms with Gasteiger partial charge in [-0.25, -0.2) is 0 Å². The fourth-order valence-electron chi connectivity index (χ4n) is 2.02. The average molecular weight is 336 g/mol. The Hall–Kier alpha value is -1.62. The van der Waals surface area contributed by atoms with Gasteiger partial charge in [-0.05, 0) is 44.4 Å². The lowest BCUT2D eigenvalue weighted by Gasteiger charge is -2.08. The second-order valence-corrected chi connectivity index (χ2v) is 5.71. The maximum atomic E-state index is 12.0. The molecular formula is C15H18BrN3O. The minimum Gasteiger partial charge on any atom is -0.350 e. The first-order chi connectivity index (χ1) is 9.50. The molecular weight excluding hydrogens is 318 g/mol. The summed E-state index contributed by atoms with van der Waals surface area (Å²) in [5.41, 5.74) is 4.76. The van der Waals surface area contributed by atoms with E-state index in [1.807, 2.05) is 26.0 Å². The monoisotopic (exact) mass is 335 g/mol. The molecule has 1 aromatic heterocycles. The van der Waals surface area contributed by atoms with Gasteiger partial charge in [-0.3, -0.25) is 9.89 Å². The Balaban J connectivity index is 1.95. The van der Waals surface area contributed by atoms with E-state index in [2.05, 4.69) is 44.4 Å². The fourth-order valence-corrected chi connectivity index (χ4v) is 2.43. The Morgan fingerprint density at radius 1 is 1.30 bits per heavy atom. The third-order valence-electron chi connectivity index (χ3n) is 3.53. The molecule has 0 unspecified atom stereocenters. The van der Waals surface area contributed by atoms with E-state index in [1.165, 1.54) is 11.1 Å². The number of aromatic amines is 1. The highest BCUT2D eigenvalue weighted by atomic mass is 79.9. The van der Waals surface area contributed by atoms with Crippen molar-refractivity contribution in [1.82, 2.24) is 15.5 Å².